The summed E-state index contributed by atoms with van der Waals surface area (Å²) in [5, 5.41) is 0. The molecule has 1 aliphatic rings. The Balaban J connectivity index is 2.23. The molecule has 0 aromatic rings. The maximum atomic E-state index is 10.9. The van der Waals surface area contributed by atoms with Gasteiger partial charge in [0.1, 0.15) is 0 Å². The van der Waals surface area contributed by atoms with Crippen molar-refractivity contribution in [2.75, 3.05) is 13.1 Å². The molecule has 0 saturated carbocycles. The molecule has 9 heavy (non-hydrogen) atoms. The monoisotopic (exact) mass is 125 g/mol. The summed E-state index contributed by atoms with van der Waals surface area (Å²) >= 11 is 0. The number of amides is 1. The first-order valence-electron chi connectivity index (χ1n) is 3.23. The Morgan fingerprint density at radius 2 is 2.33 bits per heavy atom. The van der Waals surface area contributed by atoms with Gasteiger partial charge in [-0.05, 0) is 6.42 Å². The quantitative estimate of drug-likeness (QED) is 0.500. The zero-order chi connectivity index (χ0) is 6.69. The number of rotatable bonds is 2. The lowest BCUT2D eigenvalue weighted by Crippen LogP contribution is -2.41. The van der Waals surface area contributed by atoms with Gasteiger partial charge < -0.3 is 4.90 Å². The van der Waals surface area contributed by atoms with Crippen LogP contribution in [0.5, 0.6) is 0 Å². The van der Waals surface area contributed by atoms with Crippen molar-refractivity contribution in [1.29, 1.82) is 0 Å². The Bertz CT molecular complexity index is 127. The van der Waals surface area contributed by atoms with Gasteiger partial charge in [-0.25, -0.2) is 0 Å². The van der Waals surface area contributed by atoms with Crippen LogP contribution in [0.1, 0.15) is 12.8 Å². The molecule has 0 bridgehead atoms. The SMILES string of the molecule is C=CCC(=O)N1CCC1. The number of hydrogen-bond acceptors (Lipinski definition) is 1. The highest BCUT2D eigenvalue weighted by Crippen LogP contribution is 2.06. The minimum absolute atomic E-state index is 0.219. The van der Waals surface area contributed by atoms with Gasteiger partial charge in [-0.1, -0.05) is 6.08 Å². The van der Waals surface area contributed by atoms with Crippen LogP contribution < -0.4 is 0 Å². The summed E-state index contributed by atoms with van der Waals surface area (Å²) in [6.07, 6.45) is 3.32. The molecular weight excluding hydrogens is 114 g/mol. The van der Waals surface area contributed by atoms with Gasteiger partial charge in [0.25, 0.3) is 0 Å². The molecule has 1 fully saturated rings. The zero-order valence-electron chi connectivity index (χ0n) is 5.47. The van der Waals surface area contributed by atoms with Gasteiger partial charge in [0, 0.05) is 19.5 Å². The molecule has 0 radical (unpaired) electrons. The zero-order valence-corrected chi connectivity index (χ0v) is 5.47. The molecule has 0 unspecified atom stereocenters. The molecule has 0 aliphatic carbocycles. The summed E-state index contributed by atoms with van der Waals surface area (Å²) in [6, 6.07) is 0. The average molecular weight is 125 g/mol. The Hall–Kier alpha value is -0.790. The van der Waals surface area contributed by atoms with E-state index in [0.717, 1.165) is 13.1 Å². The second-order valence-corrected chi connectivity index (χ2v) is 2.23. The predicted octanol–water partition coefficient (Wildman–Crippen LogP) is 0.795. The van der Waals surface area contributed by atoms with Gasteiger partial charge >= 0.3 is 0 Å². The Morgan fingerprint density at radius 3 is 2.67 bits per heavy atom. The first kappa shape index (κ1) is 6.33. The highest BCUT2D eigenvalue weighted by atomic mass is 16.2. The van der Waals surface area contributed by atoms with E-state index in [2.05, 4.69) is 6.58 Å². The molecule has 0 aromatic carbocycles. The van der Waals surface area contributed by atoms with Crippen molar-refractivity contribution in [3.63, 3.8) is 0 Å². The number of likely N-dealkylation sites (tertiary alicyclic amines) is 1. The summed E-state index contributed by atoms with van der Waals surface area (Å²) < 4.78 is 0. The van der Waals surface area contributed by atoms with E-state index < -0.39 is 0 Å². The first-order chi connectivity index (χ1) is 4.34. The molecule has 0 atom stereocenters. The van der Waals surface area contributed by atoms with Crippen molar-refractivity contribution in [2.24, 2.45) is 0 Å². The Morgan fingerprint density at radius 1 is 1.67 bits per heavy atom. The van der Waals surface area contributed by atoms with E-state index in [1.54, 1.807) is 6.08 Å². The summed E-state index contributed by atoms with van der Waals surface area (Å²) in [7, 11) is 0. The normalized spacial score (nSPS) is 16.7. The third-order valence-corrected chi connectivity index (χ3v) is 1.53. The van der Waals surface area contributed by atoms with Crippen molar-refractivity contribution in [2.45, 2.75) is 12.8 Å². The van der Waals surface area contributed by atoms with E-state index in [1.807, 2.05) is 4.90 Å². The van der Waals surface area contributed by atoms with Crippen LogP contribution in [-0.2, 0) is 4.79 Å². The lowest BCUT2D eigenvalue weighted by atomic mass is 10.2. The van der Waals surface area contributed by atoms with Crippen molar-refractivity contribution >= 4 is 5.91 Å². The first-order valence-corrected chi connectivity index (χ1v) is 3.23. The molecule has 1 heterocycles. The standard InChI is InChI=1S/C7H11NO/c1-2-4-7(9)8-5-3-6-8/h2H,1,3-6H2. The van der Waals surface area contributed by atoms with E-state index in [0.29, 0.717) is 6.42 Å². The molecule has 2 nitrogen and oxygen atoms in total. The highest BCUT2D eigenvalue weighted by Gasteiger charge is 2.17. The minimum Gasteiger partial charge on any atom is -0.342 e. The van der Waals surface area contributed by atoms with Crippen molar-refractivity contribution < 1.29 is 4.79 Å². The number of hydrogen-bond donors (Lipinski definition) is 0. The largest absolute Gasteiger partial charge is 0.342 e. The van der Waals surface area contributed by atoms with E-state index in [1.165, 1.54) is 6.42 Å². The van der Waals surface area contributed by atoms with Crippen LogP contribution in [0.4, 0.5) is 0 Å². The predicted molar refractivity (Wildman–Crippen MR) is 36.0 cm³/mol. The lowest BCUT2D eigenvalue weighted by molar-refractivity contribution is -0.133. The van der Waals surface area contributed by atoms with Crippen LogP contribution in [0.3, 0.4) is 0 Å². The van der Waals surface area contributed by atoms with E-state index >= 15 is 0 Å². The number of nitrogens with zero attached hydrogens (tertiary/aromatic N) is 1. The molecule has 0 spiro atoms. The minimum atomic E-state index is 0.219. The molecular formula is C7H11NO. The fourth-order valence-corrected chi connectivity index (χ4v) is 0.818. The second-order valence-electron chi connectivity index (χ2n) is 2.23. The van der Waals surface area contributed by atoms with Gasteiger partial charge in [-0.3, -0.25) is 4.79 Å². The Labute approximate surface area is 55.2 Å². The third kappa shape index (κ3) is 1.31. The summed E-state index contributed by atoms with van der Waals surface area (Å²) in [6.45, 7) is 5.40. The summed E-state index contributed by atoms with van der Waals surface area (Å²) in [5.74, 6) is 0.219. The molecule has 1 aliphatic heterocycles. The fraction of sp³-hybridized carbons (Fsp3) is 0.571. The number of carbonyl (C=O) groups excluding carboxylic acids is 1. The molecule has 1 amide bonds. The molecule has 50 valence electrons. The van der Waals surface area contributed by atoms with Crippen molar-refractivity contribution in [3.05, 3.63) is 12.7 Å². The van der Waals surface area contributed by atoms with Crippen LogP contribution in [-0.4, -0.2) is 23.9 Å². The highest BCUT2D eigenvalue weighted by molar-refractivity contribution is 5.78. The number of carbonyl (C=O) groups is 1. The smallest absolute Gasteiger partial charge is 0.226 e. The topological polar surface area (TPSA) is 20.3 Å². The second kappa shape index (κ2) is 2.67. The van der Waals surface area contributed by atoms with Crippen molar-refractivity contribution in [1.82, 2.24) is 4.90 Å². The van der Waals surface area contributed by atoms with Gasteiger partial charge in [0.2, 0.25) is 5.91 Å². The fourth-order valence-electron chi connectivity index (χ4n) is 0.818. The van der Waals surface area contributed by atoms with Crippen LogP contribution in [0.25, 0.3) is 0 Å². The van der Waals surface area contributed by atoms with E-state index in [9.17, 15) is 4.79 Å². The summed E-state index contributed by atoms with van der Waals surface area (Å²) in [4.78, 5) is 12.7. The van der Waals surface area contributed by atoms with Crippen LogP contribution in [0, 0.1) is 0 Å². The molecule has 0 N–H and O–H groups in total. The van der Waals surface area contributed by atoms with Crippen LogP contribution in [0.15, 0.2) is 12.7 Å². The molecule has 0 aromatic heterocycles. The van der Waals surface area contributed by atoms with Crippen molar-refractivity contribution in [3.8, 4) is 0 Å². The third-order valence-electron chi connectivity index (χ3n) is 1.53. The van der Waals surface area contributed by atoms with Gasteiger partial charge in [-0.2, -0.15) is 0 Å². The summed E-state index contributed by atoms with van der Waals surface area (Å²) in [5.41, 5.74) is 0. The van der Waals surface area contributed by atoms with Crippen LogP contribution >= 0.6 is 0 Å². The molecule has 1 saturated heterocycles. The Kier molecular flexibility index (Phi) is 1.88. The van der Waals surface area contributed by atoms with Gasteiger partial charge in [-0.15, -0.1) is 6.58 Å². The maximum absolute atomic E-state index is 10.9. The van der Waals surface area contributed by atoms with Crippen LogP contribution in [0.2, 0.25) is 0 Å². The molecule has 1 rings (SSSR count). The molecule has 2 heteroatoms. The van der Waals surface area contributed by atoms with E-state index in [4.69, 9.17) is 0 Å². The van der Waals surface area contributed by atoms with Gasteiger partial charge in [0.15, 0.2) is 0 Å². The average Bonchev–Trinajstić information content (AvgIpc) is 1.60. The van der Waals surface area contributed by atoms with E-state index in [-0.39, 0.29) is 5.91 Å². The lowest BCUT2D eigenvalue weighted by Gasteiger charge is -2.30. The van der Waals surface area contributed by atoms with Gasteiger partial charge in [0.05, 0.1) is 0 Å². The maximum Gasteiger partial charge on any atom is 0.226 e.